The van der Waals surface area contributed by atoms with E-state index in [0.29, 0.717) is 32.3 Å². The van der Waals surface area contributed by atoms with Gasteiger partial charge in [-0.1, -0.05) is 79.8 Å². The van der Waals surface area contributed by atoms with Gasteiger partial charge in [-0.15, -0.1) is 0 Å². The lowest BCUT2D eigenvalue weighted by Crippen LogP contribution is -2.40. The van der Waals surface area contributed by atoms with Crippen molar-refractivity contribution in [1.82, 2.24) is 4.57 Å². The van der Waals surface area contributed by atoms with Crippen molar-refractivity contribution >= 4 is 34.2 Å². The zero-order chi connectivity index (χ0) is 27.0. The second-order valence-corrected chi connectivity index (χ2v) is 10.5. The molecule has 1 aliphatic heterocycles. The number of thiazole rings is 1. The van der Waals surface area contributed by atoms with Crippen LogP contribution in [0.4, 0.5) is 0 Å². The minimum Gasteiger partial charge on any atom is -0.496 e. The van der Waals surface area contributed by atoms with E-state index in [1.54, 1.807) is 25.5 Å². The fraction of sp³-hybridized carbons (Fsp3) is 0.258. The van der Waals surface area contributed by atoms with Crippen LogP contribution in [0.2, 0.25) is 0 Å². The van der Waals surface area contributed by atoms with Gasteiger partial charge < -0.3 is 9.47 Å². The van der Waals surface area contributed by atoms with Gasteiger partial charge in [0.25, 0.3) is 5.56 Å². The molecule has 0 radical (unpaired) electrons. The summed E-state index contributed by atoms with van der Waals surface area (Å²) < 4.78 is 13.4. The van der Waals surface area contributed by atoms with Gasteiger partial charge in [-0.3, -0.25) is 9.36 Å². The number of benzene rings is 3. The third kappa shape index (κ3) is 4.47. The van der Waals surface area contributed by atoms with Crippen LogP contribution in [0.25, 0.3) is 16.8 Å². The van der Waals surface area contributed by atoms with E-state index in [0.717, 1.165) is 21.9 Å². The van der Waals surface area contributed by atoms with Crippen LogP contribution in [-0.4, -0.2) is 24.3 Å². The van der Waals surface area contributed by atoms with Crippen molar-refractivity contribution in [3.63, 3.8) is 0 Å². The maximum Gasteiger partial charge on any atom is 0.338 e. The van der Waals surface area contributed by atoms with E-state index >= 15 is 0 Å². The van der Waals surface area contributed by atoms with Gasteiger partial charge in [0.2, 0.25) is 0 Å². The number of carbonyl (C=O) groups is 1. The molecule has 0 unspecified atom stereocenters. The fourth-order valence-corrected chi connectivity index (χ4v) is 5.98. The van der Waals surface area contributed by atoms with Gasteiger partial charge in [-0.2, -0.15) is 0 Å². The van der Waals surface area contributed by atoms with Crippen LogP contribution < -0.4 is 19.6 Å². The Balaban J connectivity index is 1.80. The van der Waals surface area contributed by atoms with E-state index in [1.807, 2.05) is 54.6 Å². The Hall–Kier alpha value is -3.97. The van der Waals surface area contributed by atoms with Gasteiger partial charge in [-0.25, -0.2) is 9.79 Å². The Morgan fingerprint density at radius 2 is 1.84 bits per heavy atom. The number of hydrogen-bond donors (Lipinski definition) is 0. The molecule has 0 saturated carbocycles. The Bertz CT molecular complexity index is 1740. The van der Waals surface area contributed by atoms with Crippen LogP contribution in [0.1, 0.15) is 56.3 Å². The highest BCUT2D eigenvalue weighted by Gasteiger charge is 2.36. The molecule has 3 aromatic carbocycles. The molecule has 1 atom stereocenters. The first kappa shape index (κ1) is 25.7. The molecule has 6 nitrogen and oxygen atoms in total. The third-order valence-electron chi connectivity index (χ3n) is 6.84. The highest BCUT2D eigenvalue weighted by Crippen LogP contribution is 2.40. The molecule has 1 aliphatic rings. The van der Waals surface area contributed by atoms with Crippen molar-refractivity contribution < 1.29 is 14.3 Å². The van der Waals surface area contributed by atoms with Gasteiger partial charge in [0.15, 0.2) is 4.80 Å². The van der Waals surface area contributed by atoms with E-state index in [2.05, 4.69) is 26.0 Å². The summed E-state index contributed by atoms with van der Waals surface area (Å²) in [6.45, 7) is 8.07. The summed E-state index contributed by atoms with van der Waals surface area (Å²) in [6.07, 6.45) is 1.88. The monoisotopic (exact) mass is 526 g/mol. The molecule has 0 amide bonds. The van der Waals surface area contributed by atoms with E-state index in [-0.39, 0.29) is 12.2 Å². The van der Waals surface area contributed by atoms with Crippen molar-refractivity contribution in [2.75, 3.05) is 13.7 Å². The maximum atomic E-state index is 14.0. The summed E-state index contributed by atoms with van der Waals surface area (Å²) in [4.78, 5) is 32.6. The van der Waals surface area contributed by atoms with Crippen LogP contribution in [0.3, 0.4) is 0 Å². The molecule has 2 heterocycles. The van der Waals surface area contributed by atoms with Crippen molar-refractivity contribution in [2.24, 2.45) is 4.99 Å². The highest BCUT2D eigenvalue weighted by molar-refractivity contribution is 7.07. The minimum absolute atomic E-state index is 0.212. The summed E-state index contributed by atoms with van der Waals surface area (Å²) in [7, 11) is 1.60. The summed E-state index contributed by atoms with van der Waals surface area (Å²) in [5, 5.41) is 1.88. The van der Waals surface area contributed by atoms with Crippen LogP contribution in [-0.2, 0) is 9.53 Å². The zero-order valence-corrected chi connectivity index (χ0v) is 23.0. The first-order valence-corrected chi connectivity index (χ1v) is 13.5. The molecule has 5 rings (SSSR count). The average molecular weight is 527 g/mol. The number of carbonyl (C=O) groups excluding carboxylic acids is 1. The summed E-state index contributed by atoms with van der Waals surface area (Å²) >= 11 is 1.32. The molecule has 38 heavy (non-hydrogen) atoms. The Labute approximate surface area is 225 Å². The van der Waals surface area contributed by atoms with Crippen molar-refractivity contribution in [2.45, 2.75) is 39.7 Å². The molecule has 1 aromatic heterocycles. The number of esters is 1. The van der Waals surface area contributed by atoms with Crippen LogP contribution in [0, 0.1) is 0 Å². The molecule has 0 spiro atoms. The van der Waals surface area contributed by atoms with E-state index in [1.165, 1.54) is 16.9 Å². The Morgan fingerprint density at radius 1 is 1.11 bits per heavy atom. The number of rotatable bonds is 6. The third-order valence-corrected chi connectivity index (χ3v) is 7.82. The van der Waals surface area contributed by atoms with Crippen LogP contribution in [0.5, 0.6) is 5.75 Å². The predicted octanol–water partition coefficient (Wildman–Crippen LogP) is 5.08. The molecule has 194 valence electrons. The molecule has 4 aromatic rings. The first-order valence-electron chi connectivity index (χ1n) is 12.7. The number of nitrogens with zero attached hydrogens (tertiary/aromatic N) is 2. The van der Waals surface area contributed by atoms with Gasteiger partial charge in [0.05, 0.1) is 29.5 Å². The summed E-state index contributed by atoms with van der Waals surface area (Å²) in [5.74, 6) is 0.519. The molecule has 7 heteroatoms. The fourth-order valence-electron chi connectivity index (χ4n) is 4.93. The van der Waals surface area contributed by atoms with Crippen molar-refractivity contribution in [3.8, 4) is 5.75 Å². The lowest BCUT2D eigenvalue weighted by molar-refractivity contribution is -0.139. The average Bonchev–Trinajstić information content (AvgIpc) is 3.21. The van der Waals surface area contributed by atoms with Crippen LogP contribution in [0.15, 0.2) is 81.7 Å². The normalized spacial score (nSPS) is 15.5. The number of fused-ring (bicyclic) bond motifs is 2. The SMILES string of the molecule is CCOC(=O)C1=C(C)N=c2s/c(=C/c3ccc(C(C)C)cc3)c(=O)n2[C@H]1c1c(OC)ccc2ccccc12. The van der Waals surface area contributed by atoms with Gasteiger partial charge in [-0.05, 0) is 53.8 Å². The molecule has 0 saturated heterocycles. The summed E-state index contributed by atoms with van der Waals surface area (Å²) in [5.41, 5.74) is 3.55. The maximum absolute atomic E-state index is 14.0. The lowest BCUT2D eigenvalue weighted by Gasteiger charge is -2.27. The van der Waals surface area contributed by atoms with Gasteiger partial charge >= 0.3 is 5.97 Å². The second-order valence-electron chi connectivity index (χ2n) is 9.53. The van der Waals surface area contributed by atoms with E-state index < -0.39 is 12.0 Å². The smallest absolute Gasteiger partial charge is 0.338 e. The van der Waals surface area contributed by atoms with Crippen molar-refractivity contribution in [1.29, 1.82) is 0 Å². The molecule has 0 aliphatic carbocycles. The minimum atomic E-state index is -0.753. The Morgan fingerprint density at radius 3 is 2.53 bits per heavy atom. The number of hydrogen-bond acceptors (Lipinski definition) is 6. The molecule has 0 N–H and O–H groups in total. The molecule has 0 fully saturated rings. The van der Waals surface area contributed by atoms with Gasteiger partial charge in [0.1, 0.15) is 11.8 Å². The van der Waals surface area contributed by atoms with Gasteiger partial charge in [0, 0.05) is 5.56 Å². The zero-order valence-electron chi connectivity index (χ0n) is 22.1. The van der Waals surface area contributed by atoms with E-state index in [4.69, 9.17) is 14.5 Å². The molecular weight excluding hydrogens is 496 g/mol. The van der Waals surface area contributed by atoms with E-state index in [9.17, 15) is 9.59 Å². The number of allylic oxidation sites excluding steroid dienone is 1. The summed E-state index contributed by atoms with van der Waals surface area (Å²) in [6, 6.07) is 19.2. The predicted molar refractivity (Wildman–Crippen MR) is 151 cm³/mol. The topological polar surface area (TPSA) is 69.9 Å². The Kier molecular flexibility index (Phi) is 7.04. The van der Waals surface area contributed by atoms with Crippen molar-refractivity contribution in [3.05, 3.63) is 108 Å². The molecule has 0 bridgehead atoms. The lowest BCUT2D eigenvalue weighted by atomic mass is 9.90. The standard InChI is InChI=1S/C31H30N2O4S/c1-6-37-30(35)26-19(4)32-31-33(28(26)27-23-10-8-7-9-22(23)15-16-24(27)36-5)29(34)25(38-31)17-20-11-13-21(14-12-20)18(2)3/h7-18,28H,6H2,1-5H3/b25-17+/t28-/m1/s1. The number of methoxy groups -OCH3 is 1. The quantitative estimate of drug-likeness (QED) is 0.329. The number of aromatic nitrogens is 1. The largest absolute Gasteiger partial charge is 0.496 e. The number of ether oxygens (including phenoxy) is 2. The molecular formula is C31H30N2O4S. The van der Waals surface area contributed by atoms with Crippen LogP contribution >= 0.6 is 11.3 Å². The highest BCUT2D eigenvalue weighted by atomic mass is 32.1. The second kappa shape index (κ2) is 10.4. The first-order chi connectivity index (χ1) is 18.3.